The minimum atomic E-state index is -0.368. The summed E-state index contributed by atoms with van der Waals surface area (Å²) in [5.41, 5.74) is 5.22. The first kappa shape index (κ1) is 14.0. The molecule has 0 aromatic carbocycles. The Morgan fingerprint density at radius 2 is 2.00 bits per heavy atom. The zero-order chi connectivity index (χ0) is 13.1. The van der Waals surface area contributed by atoms with Gasteiger partial charge in [-0.25, -0.2) is 0 Å². The zero-order valence-corrected chi connectivity index (χ0v) is 11.0. The van der Waals surface area contributed by atoms with Gasteiger partial charge in [0.1, 0.15) is 0 Å². The van der Waals surface area contributed by atoms with E-state index in [1.54, 1.807) is 7.05 Å². The number of amides is 2. The van der Waals surface area contributed by atoms with Gasteiger partial charge in [0, 0.05) is 20.1 Å². The third-order valence-electron chi connectivity index (χ3n) is 3.13. The molecular formula is C12H23N3O2. The number of carbonyl (C=O) groups is 2. The Balaban J connectivity index is 2.36. The van der Waals surface area contributed by atoms with Gasteiger partial charge in [0.2, 0.25) is 11.8 Å². The Bertz CT molecular complexity index is 298. The van der Waals surface area contributed by atoms with Crippen molar-refractivity contribution in [2.24, 2.45) is 17.1 Å². The topological polar surface area (TPSA) is 75.4 Å². The van der Waals surface area contributed by atoms with Crippen LogP contribution < -0.4 is 11.1 Å². The number of rotatable bonds is 6. The lowest BCUT2D eigenvalue weighted by Gasteiger charge is -2.22. The van der Waals surface area contributed by atoms with E-state index in [4.69, 9.17) is 5.73 Å². The van der Waals surface area contributed by atoms with E-state index in [9.17, 15) is 9.59 Å². The Labute approximate surface area is 103 Å². The lowest BCUT2D eigenvalue weighted by molar-refractivity contribution is -0.139. The van der Waals surface area contributed by atoms with Crippen molar-refractivity contribution in [3.8, 4) is 0 Å². The molecule has 5 nitrogen and oxygen atoms in total. The van der Waals surface area contributed by atoms with Gasteiger partial charge in [-0.05, 0) is 18.8 Å². The summed E-state index contributed by atoms with van der Waals surface area (Å²) >= 11 is 0. The summed E-state index contributed by atoms with van der Waals surface area (Å²) in [7, 11) is 1.66. The second-order valence-corrected chi connectivity index (χ2v) is 5.34. The Morgan fingerprint density at radius 1 is 1.41 bits per heavy atom. The summed E-state index contributed by atoms with van der Waals surface area (Å²) in [4.78, 5) is 25.0. The number of nitrogens with two attached hydrogens (primary N) is 1. The van der Waals surface area contributed by atoms with Gasteiger partial charge in [-0.1, -0.05) is 13.8 Å². The maximum absolute atomic E-state index is 12.0. The van der Waals surface area contributed by atoms with Crippen LogP contribution >= 0.6 is 0 Å². The normalized spacial score (nSPS) is 16.8. The molecule has 0 aromatic rings. The van der Waals surface area contributed by atoms with Crippen LogP contribution in [0.2, 0.25) is 0 Å². The lowest BCUT2D eigenvalue weighted by Crippen LogP contribution is -2.44. The molecule has 98 valence electrons. The van der Waals surface area contributed by atoms with E-state index >= 15 is 0 Å². The highest BCUT2D eigenvalue weighted by atomic mass is 16.2. The van der Waals surface area contributed by atoms with Crippen molar-refractivity contribution in [3.05, 3.63) is 0 Å². The van der Waals surface area contributed by atoms with Crippen LogP contribution in [0.25, 0.3) is 0 Å². The number of hydrogen-bond donors (Lipinski definition) is 2. The van der Waals surface area contributed by atoms with Gasteiger partial charge < -0.3 is 16.0 Å². The quantitative estimate of drug-likeness (QED) is 0.685. The average molecular weight is 241 g/mol. The highest BCUT2D eigenvalue weighted by Crippen LogP contribution is 2.45. The second kappa shape index (κ2) is 5.49. The molecule has 2 amide bonds. The molecule has 0 unspecified atom stereocenters. The molecular weight excluding hydrogens is 218 g/mol. The number of carbonyl (C=O) groups excluding carboxylic acids is 2. The molecule has 1 rings (SSSR count). The van der Waals surface area contributed by atoms with Gasteiger partial charge in [0.15, 0.2) is 0 Å². The highest BCUT2D eigenvalue weighted by molar-refractivity contribution is 5.89. The SMILES string of the molecule is CC(C)CNC(=O)CN(C)C(=O)C1(CN)CC1. The molecule has 0 spiro atoms. The number of nitrogens with one attached hydrogen (secondary N) is 1. The van der Waals surface area contributed by atoms with Gasteiger partial charge in [-0.2, -0.15) is 0 Å². The summed E-state index contributed by atoms with van der Waals surface area (Å²) in [5.74, 6) is 0.306. The van der Waals surface area contributed by atoms with E-state index in [1.807, 2.05) is 13.8 Å². The van der Waals surface area contributed by atoms with Crippen LogP contribution in [0, 0.1) is 11.3 Å². The fourth-order valence-corrected chi connectivity index (χ4v) is 1.72. The maximum Gasteiger partial charge on any atom is 0.239 e. The largest absolute Gasteiger partial charge is 0.354 e. The lowest BCUT2D eigenvalue weighted by atomic mass is 10.1. The molecule has 0 saturated heterocycles. The standard InChI is InChI=1S/C12H23N3O2/c1-9(2)6-14-10(16)7-15(3)11(17)12(8-13)4-5-12/h9H,4-8,13H2,1-3H3,(H,14,16). The molecule has 1 aliphatic carbocycles. The van der Waals surface area contributed by atoms with E-state index < -0.39 is 0 Å². The molecule has 0 aliphatic heterocycles. The Morgan fingerprint density at radius 3 is 2.41 bits per heavy atom. The van der Waals surface area contributed by atoms with E-state index in [-0.39, 0.29) is 23.8 Å². The van der Waals surface area contributed by atoms with E-state index in [1.165, 1.54) is 4.90 Å². The highest BCUT2D eigenvalue weighted by Gasteiger charge is 2.49. The molecule has 3 N–H and O–H groups in total. The summed E-state index contributed by atoms with van der Waals surface area (Å²) in [6.45, 7) is 5.20. The first-order valence-electron chi connectivity index (χ1n) is 6.13. The molecule has 1 aliphatic rings. The van der Waals surface area contributed by atoms with Gasteiger partial charge in [0.25, 0.3) is 0 Å². The first-order chi connectivity index (χ1) is 7.91. The van der Waals surface area contributed by atoms with Crippen LogP contribution in [0.4, 0.5) is 0 Å². The summed E-state index contributed by atoms with van der Waals surface area (Å²) in [5, 5.41) is 2.79. The van der Waals surface area contributed by atoms with Crippen molar-refractivity contribution in [1.82, 2.24) is 10.2 Å². The third-order valence-corrected chi connectivity index (χ3v) is 3.13. The van der Waals surface area contributed by atoms with E-state index in [0.717, 1.165) is 12.8 Å². The fraction of sp³-hybridized carbons (Fsp3) is 0.833. The molecule has 0 bridgehead atoms. The molecule has 0 atom stereocenters. The number of hydrogen-bond acceptors (Lipinski definition) is 3. The first-order valence-corrected chi connectivity index (χ1v) is 6.13. The van der Waals surface area contributed by atoms with Crippen LogP contribution in [0.5, 0.6) is 0 Å². The molecule has 17 heavy (non-hydrogen) atoms. The second-order valence-electron chi connectivity index (χ2n) is 5.34. The van der Waals surface area contributed by atoms with Gasteiger partial charge in [-0.15, -0.1) is 0 Å². The van der Waals surface area contributed by atoms with Crippen molar-refractivity contribution >= 4 is 11.8 Å². The predicted molar refractivity (Wildman–Crippen MR) is 66.2 cm³/mol. The van der Waals surface area contributed by atoms with Crippen LogP contribution in [0.3, 0.4) is 0 Å². The van der Waals surface area contributed by atoms with Gasteiger partial charge in [-0.3, -0.25) is 9.59 Å². The molecule has 0 heterocycles. The summed E-state index contributed by atoms with van der Waals surface area (Å²) in [6, 6.07) is 0. The van der Waals surface area contributed by atoms with Crippen molar-refractivity contribution in [2.75, 3.05) is 26.7 Å². The van der Waals surface area contributed by atoms with Crippen molar-refractivity contribution in [3.63, 3.8) is 0 Å². The van der Waals surface area contributed by atoms with E-state index in [0.29, 0.717) is 19.0 Å². The summed E-state index contributed by atoms with van der Waals surface area (Å²) < 4.78 is 0. The van der Waals surface area contributed by atoms with Gasteiger partial charge in [0.05, 0.1) is 12.0 Å². The molecule has 1 saturated carbocycles. The fourth-order valence-electron chi connectivity index (χ4n) is 1.72. The van der Waals surface area contributed by atoms with E-state index in [2.05, 4.69) is 5.32 Å². The van der Waals surface area contributed by atoms with Crippen molar-refractivity contribution in [1.29, 1.82) is 0 Å². The maximum atomic E-state index is 12.0. The smallest absolute Gasteiger partial charge is 0.239 e. The molecule has 5 heteroatoms. The minimum absolute atomic E-state index is 0.000281. The van der Waals surface area contributed by atoms with Gasteiger partial charge >= 0.3 is 0 Å². The predicted octanol–water partition coefficient (Wildman–Crippen LogP) is -0.0441. The average Bonchev–Trinajstić information content (AvgIpc) is 3.06. The molecule has 0 aromatic heterocycles. The Hall–Kier alpha value is -1.10. The zero-order valence-electron chi connectivity index (χ0n) is 11.0. The Kier molecular flexibility index (Phi) is 4.51. The third kappa shape index (κ3) is 3.70. The van der Waals surface area contributed by atoms with Crippen LogP contribution in [-0.4, -0.2) is 43.4 Å². The minimum Gasteiger partial charge on any atom is -0.354 e. The van der Waals surface area contributed by atoms with Crippen LogP contribution in [0.1, 0.15) is 26.7 Å². The summed E-state index contributed by atoms with van der Waals surface area (Å²) in [6.07, 6.45) is 1.70. The van der Waals surface area contributed by atoms with Crippen LogP contribution in [-0.2, 0) is 9.59 Å². The molecule has 1 fully saturated rings. The number of likely N-dealkylation sites (N-methyl/N-ethyl adjacent to an activating group) is 1. The molecule has 0 radical (unpaired) electrons. The van der Waals surface area contributed by atoms with Crippen molar-refractivity contribution in [2.45, 2.75) is 26.7 Å². The van der Waals surface area contributed by atoms with Crippen molar-refractivity contribution < 1.29 is 9.59 Å². The monoisotopic (exact) mass is 241 g/mol. The number of nitrogens with zero attached hydrogens (tertiary/aromatic N) is 1. The van der Waals surface area contributed by atoms with Crippen LogP contribution in [0.15, 0.2) is 0 Å².